The first kappa shape index (κ1) is 17.6. The summed E-state index contributed by atoms with van der Waals surface area (Å²) in [5.41, 5.74) is 0.951. The standard InChI is InChI=1S/C18H23N3O3/c1-5-12(2)20-16-10-9-13(11-19-16)21-18(22)17-14(23-3)7-6-8-15(17)24-4/h6-12H,5H2,1-4H3,(H,19,20)(H,21,22). The molecule has 6 nitrogen and oxygen atoms in total. The van der Waals surface area contributed by atoms with Crippen molar-refractivity contribution in [1.29, 1.82) is 0 Å². The number of amides is 1. The number of pyridine rings is 1. The van der Waals surface area contributed by atoms with E-state index in [9.17, 15) is 4.79 Å². The number of nitrogens with one attached hydrogen (secondary N) is 2. The van der Waals surface area contributed by atoms with Crippen LogP contribution in [-0.2, 0) is 0 Å². The molecule has 0 spiro atoms. The van der Waals surface area contributed by atoms with Crippen molar-refractivity contribution in [1.82, 2.24) is 4.98 Å². The van der Waals surface area contributed by atoms with Crippen LogP contribution in [0.15, 0.2) is 36.5 Å². The molecule has 2 N–H and O–H groups in total. The highest BCUT2D eigenvalue weighted by Crippen LogP contribution is 2.29. The first-order valence-corrected chi connectivity index (χ1v) is 7.84. The molecule has 2 aromatic rings. The first-order valence-electron chi connectivity index (χ1n) is 7.84. The molecule has 1 aromatic heterocycles. The SMILES string of the molecule is CCC(C)Nc1ccc(NC(=O)c2c(OC)cccc2OC)cn1. The molecule has 128 valence electrons. The molecule has 6 heteroatoms. The second-order valence-corrected chi connectivity index (χ2v) is 5.38. The topological polar surface area (TPSA) is 72.5 Å². The molecule has 1 aromatic carbocycles. The van der Waals surface area contributed by atoms with Crippen molar-refractivity contribution in [3.63, 3.8) is 0 Å². The maximum absolute atomic E-state index is 12.6. The summed E-state index contributed by atoms with van der Waals surface area (Å²) in [7, 11) is 3.03. The lowest BCUT2D eigenvalue weighted by molar-refractivity contribution is 0.102. The summed E-state index contributed by atoms with van der Waals surface area (Å²) in [4.78, 5) is 16.9. The van der Waals surface area contributed by atoms with Crippen LogP contribution in [0.1, 0.15) is 30.6 Å². The second-order valence-electron chi connectivity index (χ2n) is 5.38. The number of nitrogens with zero attached hydrogens (tertiary/aromatic N) is 1. The number of hydrogen-bond donors (Lipinski definition) is 2. The van der Waals surface area contributed by atoms with Crippen LogP contribution in [0.2, 0.25) is 0 Å². The van der Waals surface area contributed by atoms with E-state index >= 15 is 0 Å². The summed E-state index contributed by atoms with van der Waals surface area (Å²) in [6, 6.07) is 9.18. The number of aromatic nitrogens is 1. The minimum Gasteiger partial charge on any atom is -0.496 e. The Morgan fingerprint density at radius 1 is 1.17 bits per heavy atom. The van der Waals surface area contributed by atoms with E-state index in [1.54, 1.807) is 30.5 Å². The van der Waals surface area contributed by atoms with Gasteiger partial charge in [-0.25, -0.2) is 4.98 Å². The minimum absolute atomic E-state index is 0.311. The van der Waals surface area contributed by atoms with E-state index in [1.807, 2.05) is 6.07 Å². The molecular weight excluding hydrogens is 306 g/mol. The molecular formula is C18H23N3O3. The maximum atomic E-state index is 12.6. The van der Waals surface area contributed by atoms with Gasteiger partial charge in [0.25, 0.3) is 5.91 Å². The molecule has 24 heavy (non-hydrogen) atoms. The Kier molecular flexibility index (Phi) is 6.01. The van der Waals surface area contributed by atoms with Gasteiger partial charge >= 0.3 is 0 Å². The fourth-order valence-electron chi connectivity index (χ4n) is 2.18. The summed E-state index contributed by atoms with van der Waals surface area (Å²) in [5, 5.41) is 6.09. The van der Waals surface area contributed by atoms with E-state index in [1.165, 1.54) is 14.2 Å². The Morgan fingerprint density at radius 3 is 2.33 bits per heavy atom. The van der Waals surface area contributed by atoms with Gasteiger partial charge in [-0.1, -0.05) is 13.0 Å². The van der Waals surface area contributed by atoms with E-state index in [4.69, 9.17) is 9.47 Å². The summed E-state index contributed by atoms with van der Waals surface area (Å²) in [6.45, 7) is 4.19. The quantitative estimate of drug-likeness (QED) is 0.812. The third-order valence-corrected chi connectivity index (χ3v) is 3.68. The number of carbonyl (C=O) groups excluding carboxylic acids is 1. The van der Waals surface area contributed by atoms with E-state index in [2.05, 4.69) is 29.5 Å². The van der Waals surface area contributed by atoms with Crippen LogP contribution < -0.4 is 20.1 Å². The Bertz CT molecular complexity index is 664. The van der Waals surface area contributed by atoms with Crippen LogP contribution in [0.4, 0.5) is 11.5 Å². The molecule has 0 saturated carbocycles. The van der Waals surface area contributed by atoms with Crippen LogP contribution in [0.3, 0.4) is 0 Å². The third kappa shape index (κ3) is 4.16. The zero-order valence-electron chi connectivity index (χ0n) is 14.4. The van der Waals surface area contributed by atoms with Gasteiger partial charge in [-0.05, 0) is 37.6 Å². The molecule has 0 saturated heterocycles. The second kappa shape index (κ2) is 8.19. The Morgan fingerprint density at radius 2 is 1.83 bits per heavy atom. The van der Waals surface area contributed by atoms with Gasteiger partial charge in [0.1, 0.15) is 22.9 Å². The maximum Gasteiger partial charge on any atom is 0.263 e. The third-order valence-electron chi connectivity index (χ3n) is 3.68. The molecule has 0 bridgehead atoms. The summed E-state index contributed by atoms with van der Waals surface area (Å²) in [6.07, 6.45) is 2.62. The predicted molar refractivity (Wildman–Crippen MR) is 95.1 cm³/mol. The lowest BCUT2D eigenvalue weighted by Crippen LogP contribution is -2.16. The van der Waals surface area contributed by atoms with Crippen molar-refractivity contribution >= 4 is 17.4 Å². The number of anilines is 2. The van der Waals surface area contributed by atoms with Crippen LogP contribution >= 0.6 is 0 Å². The van der Waals surface area contributed by atoms with Crippen LogP contribution in [0, 0.1) is 0 Å². The summed E-state index contributed by atoms with van der Waals surface area (Å²) >= 11 is 0. The minimum atomic E-state index is -0.311. The van der Waals surface area contributed by atoms with Crippen LogP contribution in [0.5, 0.6) is 11.5 Å². The molecule has 1 unspecified atom stereocenters. The molecule has 0 fully saturated rings. The number of ether oxygens (including phenoxy) is 2. The van der Waals surface area contributed by atoms with Crippen molar-refractivity contribution in [2.45, 2.75) is 26.3 Å². The first-order chi connectivity index (χ1) is 11.6. The molecule has 2 rings (SSSR count). The Hall–Kier alpha value is -2.76. The lowest BCUT2D eigenvalue weighted by atomic mass is 10.1. The molecule has 0 aliphatic carbocycles. The molecule has 1 atom stereocenters. The zero-order chi connectivity index (χ0) is 17.5. The number of methoxy groups -OCH3 is 2. The van der Waals surface area contributed by atoms with Gasteiger partial charge in [0.15, 0.2) is 0 Å². The Balaban J connectivity index is 2.15. The average Bonchev–Trinajstić information content (AvgIpc) is 2.62. The lowest BCUT2D eigenvalue weighted by Gasteiger charge is -2.14. The van der Waals surface area contributed by atoms with Crippen molar-refractivity contribution in [2.75, 3.05) is 24.9 Å². The number of rotatable bonds is 7. The van der Waals surface area contributed by atoms with Gasteiger partial charge in [0.2, 0.25) is 0 Å². The van der Waals surface area contributed by atoms with Gasteiger partial charge in [-0.15, -0.1) is 0 Å². The van der Waals surface area contributed by atoms with E-state index in [0.717, 1.165) is 12.2 Å². The highest BCUT2D eigenvalue weighted by atomic mass is 16.5. The normalized spacial score (nSPS) is 11.5. The van der Waals surface area contributed by atoms with Crippen molar-refractivity contribution in [3.8, 4) is 11.5 Å². The van der Waals surface area contributed by atoms with E-state index in [-0.39, 0.29) is 5.91 Å². The number of carbonyl (C=O) groups is 1. The molecule has 0 radical (unpaired) electrons. The largest absolute Gasteiger partial charge is 0.496 e. The zero-order valence-corrected chi connectivity index (χ0v) is 14.4. The highest BCUT2D eigenvalue weighted by Gasteiger charge is 2.18. The highest BCUT2D eigenvalue weighted by molar-refractivity contribution is 6.08. The monoisotopic (exact) mass is 329 g/mol. The van der Waals surface area contributed by atoms with Gasteiger partial charge in [0, 0.05) is 6.04 Å². The fourth-order valence-corrected chi connectivity index (χ4v) is 2.18. The van der Waals surface area contributed by atoms with Gasteiger partial charge in [-0.3, -0.25) is 4.79 Å². The average molecular weight is 329 g/mol. The molecule has 0 aliphatic rings. The Labute approximate surface area is 142 Å². The van der Waals surface area contributed by atoms with Crippen molar-refractivity contribution in [3.05, 3.63) is 42.1 Å². The molecule has 0 aliphatic heterocycles. The van der Waals surface area contributed by atoms with Gasteiger partial charge in [0.05, 0.1) is 26.1 Å². The number of hydrogen-bond acceptors (Lipinski definition) is 5. The smallest absolute Gasteiger partial charge is 0.263 e. The van der Waals surface area contributed by atoms with Gasteiger partial charge < -0.3 is 20.1 Å². The van der Waals surface area contributed by atoms with Crippen LogP contribution in [0.25, 0.3) is 0 Å². The van der Waals surface area contributed by atoms with Crippen molar-refractivity contribution < 1.29 is 14.3 Å². The summed E-state index contributed by atoms with van der Waals surface area (Å²) < 4.78 is 10.5. The van der Waals surface area contributed by atoms with Crippen molar-refractivity contribution in [2.24, 2.45) is 0 Å². The van der Waals surface area contributed by atoms with E-state index in [0.29, 0.717) is 28.8 Å². The predicted octanol–water partition coefficient (Wildman–Crippen LogP) is 3.56. The van der Waals surface area contributed by atoms with Gasteiger partial charge in [-0.2, -0.15) is 0 Å². The van der Waals surface area contributed by atoms with Crippen LogP contribution in [-0.4, -0.2) is 31.2 Å². The molecule has 1 amide bonds. The van der Waals surface area contributed by atoms with E-state index < -0.39 is 0 Å². The molecule has 1 heterocycles. The number of benzene rings is 1. The fraction of sp³-hybridized carbons (Fsp3) is 0.333. The summed E-state index contributed by atoms with van der Waals surface area (Å²) in [5.74, 6) is 1.37.